The fraction of sp³-hybridized carbons (Fsp3) is 1.00. The number of hydrogen-bond donors (Lipinski definition) is 0. The molecule has 3 rings (SSSR count). The molecule has 2 heteroatoms. The minimum absolute atomic E-state index is 0.965. The highest BCUT2D eigenvalue weighted by Crippen LogP contribution is 2.34. The third-order valence-electron chi connectivity index (χ3n) is 5.92. The first-order valence-corrected chi connectivity index (χ1v) is 9.13. The molecule has 3 aliphatic rings. The molecule has 0 amide bonds. The Morgan fingerprint density at radius 2 is 1.55 bits per heavy atom. The van der Waals surface area contributed by atoms with E-state index in [1.54, 1.807) is 0 Å². The largest absolute Gasteiger partial charge is 0.303 e. The van der Waals surface area contributed by atoms with Crippen molar-refractivity contribution in [2.45, 2.75) is 52.4 Å². The van der Waals surface area contributed by atoms with Gasteiger partial charge in [0.25, 0.3) is 0 Å². The van der Waals surface area contributed by atoms with Gasteiger partial charge in [-0.15, -0.1) is 0 Å². The fourth-order valence-electron chi connectivity index (χ4n) is 4.66. The quantitative estimate of drug-likeness (QED) is 0.734. The number of hydrogen-bond acceptors (Lipinski definition) is 2. The summed E-state index contributed by atoms with van der Waals surface area (Å²) in [6.45, 7) is 13.0. The molecule has 116 valence electrons. The van der Waals surface area contributed by atoms with Gasteiger partial charge in [0.2, 0.25) is 0 Å². The van der Waals surface area contributed by atoms with Crippen LogP contribution in [-0.2, 0) is 0 Å². The molecule has 0 aromatic heterocycles. The van der Waals surface area contributed by atoms with Crippen LogP contribution in [0.4, 0.5) is 0 Å². The Labute approximate surface area is 125 Å². The summed E-state index contributed by atoms with van der Waals surface area (Å²) in [6.07, 6.45) is 8.86. The molecular formula is C18H34N2. The van der Waals surface area contributed by atoms with E-state index >= 15 is 0 Å². The van der Waals surface area contributed by atoms with E-state index in [0.29, 0.717) is 0 Å². The van der Waals surface area contributed by atoms with Gasteiger partial charge < -0.3 is 9.80 Å². The lowest BCUT2D eigenvalue weighted by molar-refractivity contribution is 0.0927. The maximum atomic E-state index is 2.75. The number of likely N-dealkylation sites (tertiary alicyclic amines) is 2. The van der Waals surface area contributed by atoms with Gasteiger partial charge in [-0.25, -0.2) is 0 Å². The van der Waals surface area contributed by atoms with Gasteiger partial charge in [0, 0.05) is 19.6 Å². The lowest BCUT2D eigenvalue weighted by atomic mass is 9.75. The molecule has 0 aromatic carbocycles. The molecule has 2 heterocycles. The highest BCUT2D eigenvalue weighted by Gasteiger charge is 2.29. The molecule has 1 saturated carbocycles. The van der Waals surface area contributed by atoms with E-state index in [9.17, 15) is 0 Å². The molecule has 0 atom stereocenters. The maximum absolute atomic E-state index is 2.75. The van der Waals surface area contributed by atoms with Crippen LogP contribution in [0.5, 0.6) is 0 Å². The minimum atomic E-state index is 0.965. The van der Waals surface area contributed by atoms with Crippen molar-refractivity contribution in [1.29, 1.82) is 0 Å². The second kappa shape index (κ2) is 6.79. The topological polar surface area (TPSA) is 6.48 Å². The van der Waals surface area contributed by atoms with Gasteiger partial charge in [0.1, 0.15) is 0 Å². The van der Waals surface area contributed by atoms with Gasteiger partial charge in [-0.2, -0.15) is 0 Å². The van der Waals surface area contributed by atoms with E-state index in [1.165, 1.54) is 77.8 Å². The molecule has 0 aromatic rings. The van der Waals surface area contributed by atoms with E-state index in [-0.39, 0.29) is 0 Å². The van der Waals surface area contributed by atoms with Crippen molar-refractivity contribution in [3.63, 3.8) is 0 Å². The third kappa shape index (κ3) is 3.98. The first kappa shape index (κ1) is 14.8. The third-order valence-corrected chi connectivity index (χ3v) is 5.92. The van der Waals surface area contributed by atoms with E-state index in [1.807, 2.05) is 0 Å². The lowest BCUT2D eigenvalue weighted by Crippen LogP contribution is -2.45. The number of rotatable bonds is 6. The van der Waals surface area contributed by atoms with E-state index < -0.39 is 0 Å². The maximum Gasteiger partial charge on any atom is 0.00194 e. The van der Waals surface area contributed by atoms with Crippen molar-refractivity contribution < 1.29 is 0 Å². The van der Waals surface area contributed by atoms with Crippen molar-refractivity contribution in [2.75, 3.05) is 39.3 Å². The van der Waals surface area contributed by atoms with Crippen LogP contribution in [0.1, 0.15) is 52.4 Å². The molecule has 2 aliphatic heterocycles. The van der Waals surface area contributed by atoms with Crippen LogP contribution in [0.2, 0.25) is 0 Å². The summed E-state index contributed by atoms with van der Waals surface area (Å²) < 4.78 is 0. The molecule has 1 aliphatic carbocycles. The predicted octanol–water partition coefficient (Wildman–Crippen LogP) is 3.48. The van der Waals surface area contributed by atoms with Gasteiger partial charge in [0.15, 0.2) is 0 Å². The molecule has 0 bridgehead atoms. The minimum Gasteiger partial charge on any atom is -0.303 e. The number of piperidine rings is 1. The van der Waals surface area contributed by atoms with E-state index in [0.717, 1.165) is 23.7 Å². The monoisotopic (exact) mass is 278 g/mol. The predicted molar refractivity (Wildman–Crippen MR) is 85.9 cm³/mol. The Balaban J connectivity index is 1.23. The molecular weight excluding hydrogens is 244 g/mol. The van der Waals surface area contributed by atoms with Crippen molar-refractivity contribution in [2.24, 2.45) is 23.7 Å². The Bertz CT molecular complexity index is 284. The fourth-order valence-corrected chi connectivity index (χ4v) is 4.66. The van der Waals surface area contributed by atoms with E-state index in [2.05, 4.69) is 23.6 Å². The van der Waals surface area contributed by atoms with Crippen LogP contribution < -0.4 is 0 Å². The second-order valence-corrected chi connectivity index (χ2v) is 8.19. The molecule has 0 unspecified atom stereocenters. The highest BCUT2D eigenvalue weighted by atomic mass is 15.2. The van der Waals surface area contributed by atoms with Crippen molar-refractivity contribution in [3.05, 3.63) is 0 Å². The SMILES string of the molecule is CC1CC(CN2CCC(CCCN3CC(C)C3)CC2)C1. The molecule has 0 spiro atoms. The smallest absolute Gasteiger partial charge is 0.00194 e. The Morgan fingerprint density at radius 1 is 0.850 bits per heavy atom. The normalized spacial score (nSPS) is 33.9. The number of nitrogens with zero attached hydrogens (tertiary/aromatic N) is 2. The summed E-state index contributed by atoms with van der Waals surface area (Å²) in [4.78, 5) is 5.39. The van der Waals surface area contributed by atoms with Crippen molar-refractivity contribution in [1.82, 2.24) is 9.80 Å². The molecule has 3 fully saturated rings. The van der Waals surface area contributed by atoms with Gasteiger partial charge in [-0.1, -0.05) is 13.8 Å². The Kier molecular flexibility index (Phi) is 5.04. The Hall–Kier alpha value is -0.0800. The first-order valence-electron chi connectivity index (χ1n) is 9.13. The van der Waals surface area contributed by atoms with Crippen molar-refractivity contribution >= 4 is 0 Å². The summed E-state index contributed by atoms with van der Waals surface area (Å²) in [5.74, 6) is 4.05. The zero-order valence-corrected chi connectivity index (χ0v) is 13.7. The van der Waals surface area contributed by atoms with Crippen LogP contribution in [0, 0.1) is 23.7 Å². The van der Waals surface area contributed by atoms with Crippen LogP contribution >= 0.6 is 0 Å². The molecule has 0 radical (unpaired) electrons. The molecule has 2 nitrogen and oxygen atoms in total. The summed E-state index contributed by atoms with van der Waals surface area (Å²) in [7, 11) is 0. The standard InChI is InChI=1S/C18H34N2/c1-15-10-18(11-15)14-19-8-5-17(6-9-19)4-3-7-20-12-16(2)13-20/h15-18H,3-14H2,1-2H3. The summed E-state index contributed by atoms with van der Waals surface area (Å²) in [6, 6.07) is 0. The summed E-state index contributed by atoms with van der Waals surface area (Å²) >= 11 is 0. The first-order chi connectivity index (χ1) is 9.69. The van der Waals surface area contributed by atoms with E-state index in [4.69, 9.17) is 0 Å². The summed E-state index contributed by atoms with van der Waals surface area (Å²) in [5, 5.41) is 0. The molecule has 2 saturated heterocycles. The van der Waals surface area contributed by atoms with Crippen LogP contribution in [0.3, 0.4) is 0 Å². The van der Waals surface area contributed by atoms with Gasteiger partial charge in [0.05, 0.1) is 0 Å². The van der Waals surface area contributed by atoms with Gasteiger partial charge >= 0.3 is 0 Å². The van der Waals surface area contributed by atoms with Crippen LogP contribution in [0.25, 0.3) is 0 Å². The average Bonchev–Trinajstić information content (AvgIpc) is 2.37. The highest BCUT2D eigenvalue weighted by molar-refractivity contribution is 4.82. The Morgan fingerprint density at radius 3 is 2.15 bits per heavy atom. The molecule has 0 N–H and O–H groups in total. The van der Waals surface area contributed by atoms with Crippen LogP contribution in [0.15, 0.2) is 0 Å². The van der Waals surface area contributed by atoms with Gasteiger partial charge in [-0.3, -0.25) is 0 Å². The van der Waals surface area contributed by atoms with Gasteiger partial charge in [-0.05, 0) is 81.8 Å². The lowest BCUT2D eigenvalue weighted by Gasteiger charge is -2.40. The summed E-state index contributed by atoms with van der Waals surface area (Å²) in [5.41, 5.74) is 0. The molecule has 20 heavy (non-hydrogen) atoms. The average molecular weight is 278 g/mol. The van der Waals surface area contributed by atoms with Crippen LogP contribution in [-0.4, -0.2) is 49.1 Å². The zero-order chi connectivity index (χ0) is 13.9. The zero-order valence-electron chi connectivity index (χ0n) is 13.7. The second-order valence-electron chi connectivity index (χ2n) is 8.19. The van der Waals surface area contributed by atoms with Crippen molar-refractivity contribution in [3.8, 4) is 0 Å².